The summed E-state index contributed by atoms with van der Waals surface area (Å²) in [6.07, 6.45) is 6.84. The van der Waals surface area contributed by atoms with Crippen molar-refractivity contribution in [3.05, 3.63) is 42.5 Å². The Morgan fingerprint density at radius 1 is 1.25 bits per heavy atom. The molecular weight excluding hydrogens is 504 g/mol. The number of nitriles is 1. The number of nitrogens with zero attached hydrogens (tertiary/aromatic N) is 4. The van der Waals surface area contributed by atoms with Gasteiger partial charge < -0.3 is 19.3 Å². The van der Waals surface area contributed by atoms with Crippen LogP contribution in [0.2, 0.25) is 0 Å². The average molecular weight is 549 g/mol. The van der Waals surface area contributed by atoms with Gasteiger partial charge in [0.25, 0.3) is 0 Å². The van der Waals surface area contributed by atoms with Crippen molar-refractivity contribution in [2.75, 3.05) is 39.8 Å². The van der Waals surface area contributed by atoms with E-state index < -0.39 is 0 Å². The zero-order valence-corrected chi connectivity index (χ0v) is 23.9. The largest absolute Gasteiger partial charge is 0.486 e. The van der Waals surface area contributed by atoms with Gasteiger partial charge in [0.2, 0.25) is 5.91 Å². The highest BCUT2D eigenvalue weighted by Gasteiger charge is 2.55. The van der Waals surface area contributed by atoms with Crippen molar-refractivity contribution in [1.29, 1.82) is 5.26 Å². The number of amides is 1. The van der Waals surface area contributed by atoms with Crippen LogP contribution in [0.5, 0.6) is 5.75 Å². The number of carbonyl (C=O) groups excluding carboxylic acids is 1. The molecule has 3 saturated heterocycles. The molecule has 216 valence electrons. The number of likely N-dealkylation sites (tertiary alicyclic amines) is 1. The van der Waals surface area contributed by atoms with Crippen LogP contribution in [-0.4, -0.2) is 96.7 Å². The molecule has 8 atom stereocenters. The molecule has 0 bridgehead atoms. The van der Waals surface area contributed by atoms with Gasteiger partial charge in [0.1, 0.15) is 11.4 Å². The van der Waals surface area contributed by atoms with E-state index in [1.54, 1.807) is 0 Å². The molecule has 9 heteroatoms. The first-order valence-electron chi connectivity index (χ1n) is 15.1. The monoisotopic (exact) mass is 548 g/mol. The van der Waals surface area contributed by atoms with Crippen molar-refractivity contribution >= 4 is 5.91 Å². The van der Waals surface area contributed by atoms with E-state index in [1.807, 2.05) is 4.90 Å². The number of fused-ring (bicyclic) bond motifs is 2. The number of carbonyl (C=O) groups is 1. The number of nitrogens with one attached hydrogen (secondary N) is 2. The Bertz CT molecular complexity index is 1140. The minimum absolute atomic E-state index is 0.0931. The van der Waals surface area contributed by atoms with Gasteiger partial charge in [0.05, 0.1) is 31.3 Å². The highest BCUT2D eigenvalue weighted by molar-refractivity contribution is 5.87. The third-order valence-corrected chi connectivity index (χ3v) is 10.4. The molecule has 0 aromatic heterocycles. The maximum absolute atomic E-state index is 12.5. The molecule has 2 N–H and O–H groups in total. The summed E-state index contributed by atoms with van der Waals surface area (Å²) in [5.41, 5.74) is 1.10. The molecule has 1 aliphatic carbocycles. The summed E-state index contributed by atoms with van der Waals surface area (Å²) in [7, 11) is 2.18. The number of ether oxygens (including phenoxy) is 2. The first-order chi connectivity index (χ1) is 19.4. The lowest BCUT2D eigenvalue weighted by Gasteiger charge is -2.55. The summed E-state index contributed by atoms with van der Waals surface area (Å²) in [5, 5.41) is 17.2. The molecule has 4 aliphatic heterocycles. The lowest BCUT2D eigenvalue weighted by molar-refractivity contribution is -0.139. The van der Waals surface area contributed by atoms with Crippen LogP contribution in [0.25, 0.3) is 0 Å². The van der Waals surface area contributed by atoms with Crippen molar-refractivity contribution in [2.45, 2.75) is 87.6 Å². The van der Waals surface area contributed by atoms with Crippen LogP contribution >= 0.6 is 0 Å². The van der Waals surface area contributed by atoms with E-state index in [9.17, 15) is 10.1 Å². The highest BCUT2D eigenvalue weighted by atomic mass is 16.5. The van der Waals surface area contributed by atoms with Gasteiger partial charge in [0, 0.05) is 55.5 Å². The molecule has 1 aromatic carbocycles. The average Bonchev–Trinajstić information content (AvgIpc) is 3.50. The Labute approximate surface area is 238 Å². The number of para-hydroxylation sites is 1. The zero-order valence-electron chi connectivity index (χ0n) is 23.9. The minimum Gasteiger partial charge on any atom is -0.486 e. The second-order valence-electron chi connectivity index (χ2n) is 12.5. The van der Waals surface area contributed by atoms with Crippen LogP contribution in [-0.2, 0) is 9.53 Å². The van der Waals surface area contributed by atoms with E-state index in [0.29, 0.717) is 44.0 Å². The molecule has 1 amide bonds. The van der Waals surface area contributed by atoms with Crippen molar-refractivity contribution in [3.8, 4) is 11.8 Å². The molecule has 4 heterocycles. The first-order valence-corrected chi connectivity index (χ1v) is 15.1. The van der Waals surface area contributed by atoms with Crippen LogP contribution < -0.4 is 15.4 Å². The van der Waals surface area contributed by atoms with Crippen LogP contribution in [0.3, 0.4) is 0 Å². The predicted molar refractivity (Wildman–Crippen MR) is 152 cm³/mol. The molecule has 0 radical (unpaired) electrons. The summed E-state index contributed by atoms with van der Waals surface area (Å²) in [5.74, 6) is 1.63. The molecule has 40 heavy (non-hydrogen) atoms. The van der Waals surface area contributed by atoms with Gasteiger partial charge >= 0.3 is 0 Å². The summed E-state index contributed by atoms with van der Waals surface area (Å²) in [6, 6.07) is 11.3. The molecule has 1 aromatic rings. The number of hydrogen-bond acceptors (Lipinski definition) is 8. The summed E-state index contributed by atoms with van der Waals surface area (Å²) >= 11 is 0. The molecule has 4 fully saturated rings. The Kier molecular flexibility index (Phi) is 7.90. The predicted octanol–water partition coefficient (Wildman–Crippen LogP) is 2.62. The second-order valence-corrected chi connectivity index (χ2v) is 12.5. The third-order valence-electron chi connectivity index (χ3n) is 10.4. The molecule has 1 saturated carbocycles. The van der Waals surface area contributed by atoms with E-state index in [1.165, 1.54) is 24.5 Å². The Hall–Kier alpha value is -2.48. The van der Waals surface area contributed by atoms with Gasteiger partial charge in [-0.25, -0.2) is 0 Å². The van der Waals surface area contributed by atoms with E-state index in [0.717, 1.165) is 38.1 Å². The van der Waals surface area contributed by atoms with Crippen molar-refractivity contribution < 1.29 is 14.3 Å². The van der Waals surface area contributed by atoms with Crippen LogP contribution in [0.1, 0.15) is 56.9 Å². The molecule has 1 spiro atoms. The van der Waals surface area contributed by atoms with Gasteiger partial charge in [-0.2, -0.15) is 5.26 Å². The highest BCUT2D eigenvalue weighted by Crippen LogP contribution is 2.53. The minimum atomic E-state index is -0.267. The van der Waals surface area contributed by atoms with Gasteiger partial charge in [0.15, 0.2) is 6.35 Å². The molecule has 6 rings (SSSR count). The zero-order chi connectivity index (χ0) is 27.9. The molecule has 9 nitrogen and oxygen atoms in total. The van der Waals surface area contributed by atoms with E-state index >= 15 is 0 Å². The van der Waals surface area contributed by atoms with Crippen molar-refractivity contribution in [3.63, 3.8) is 0 Å². The van der Waals surface area contributed by atoms with Crippen LogP contribution in [0.15, 0.2) is 36.9 Å². The topological polar surface area (TPSA) is 93.1 Å². The number of likely N-dealkylation sites (N-methyl/N-ethyl adjacent to an activating group) is 1. The lowest BCUT2D eigenvalue weighted by atomic mass is 9.68. The van der Waals surface area contributed by atoms with Gasteiger partial charge in [-0.05, 0) is 51.4 Å². The molecule has 7 unspecified atom stereocenters. The fourth-order valence-corrected chi connectivity index (χ4v) is 8.02. The fourth-order valence-electron chi connectivity index (χ4n) is 8.02. The Morgan fingerprint density at radius 2 is 2.10 bits per heavy atom. The summed E-state index contributed by atoms with van der Waals surface area (Å²) in [4.78, 5) is 19.2. The standard InChI is InChI=1S/C31H44N6O3/c1-4-28(38)37-17-16-36(19-22(37)12-14-32)29-25-11-13-31(21(2)24-9-5-6-10-27(24)40-31)18-26(25)33-30(34-29)39-20-23-8-7-15-35(23)3/h4-6,9-10,21-23,25-26,29-30,33-34H,1,7-8,11-13,15-20H2,2-3H3/t21?,22?,23?,25?,26?,29?,30?,31-/m1/s1. The van der Waals surface area contributed by atoms with Crippen LogP contribution in [0, 0.1) is 17.2 Å². The van der Waals surface area contributed by atoms with Crippen molar-refractivity contribution in [1.82, 2.24) is 25.3 Å². The first kappa shape index (κ1) is 27.7. The Morgan fingerprint density at radius 3 is 2.85 bits per heavy atom. The summed E-state index contributed by atoms with van der Waals surface area (Å²) in [6.45, 7) is 9.82. The molecule has 5 aliphatic rings. The van der Waals surface area contributed by atoms with E-state index in [-0.39, 0.29) is 36.1 Å². The maximum Gasteiger partial charge on any atom is 0.246 e. The van der Waals surface area contributed by atoms with Gasteiger partial charge in [-0.15, -0.1) is 0 Å². The fraction of sp³-hybridized carbons (Fsp3) is 0.677. The number of benzene rings is 1. The Balaban J connectivity index is 1.22. The van der Waals surface area contributed by atoms with E-state index in [2.05, 4.69) is 71.3 Å². The van der Waals surface area contributed by atoms with E-state index in [4.69, 9.17) is 9.47 Å². The SMILES string of the molecule is C=CC(=O)N1CCN(C2NC(OCC3CCCN3C)NC3C[C@@]4(CCC32)Oc2ccccc2C4C)CC1CC#N. The number of hydrogen-bond donors (Lipinski definition) is 2. The summed E-state index contributed by atoms with van der Waals surface area (Å²) < 4.78 is 13.3. The lowest BCUT2D eigenvalue weighted by Crippen LogP contribution is -2.73. The van der Waals surface area contributed by atoms with Gasteiger partial charge in [-0.1, -0.05) is 31.7 Å². The smallest absolute Gasteiger partial charge is 0.246 e. The van der Waals surface area contributed by atoms with Crippen LogP contribution in [0.4, 0.5) is 0 Å². The number of rotatable bonds is 6. The third kappa shape index (κ3) is 5.05. The molecular formula is C31H44N6O3. The second kappa shape index (κ2) is 11.4. The normalized spacial score (nSPS) is 37.9. The van der Waals surface area contributed by atoms with Crippen molar-refractivity contribution in [2.24, 2.45) is 5.92 Å². The number of piperazine rings is 1. The van der Waals surface area contributed by atoms with Gasteiger partial charge in [-0.3, -0.25) is 20.3 Å². The maximum atomic E-state index is 12.5. The quantitative estimate of drug-likeness (QED) is 0.525.